The maximum absolute atomic E-state index is 13.4. The summed E-state index contributed by atoms with van der Waals surface area (Å²) in [5.41, 5.74) is 0. The van der Waals surface area contributed by atoms with E-state index in [0.29, 0.717) is 23.1 Å². The Morgan fingerprint density at radius 2 is 1.58 bits per heavy atom. The van der Waals surface area contributed by atoms with E-state index < -0.39 is 5.82 Å². The fourth-order valence-corrected chi connectivity index (χ4v) is 3.81. The largest absolute Gasteiger partial charge is 0.486 e. The predicted molar refractivity (Wildman–Crippen MR) is 117 cm³/mol. The molecular formula is C23H24Cl2FNO4. The highest BCUT2D eigenvalue weighted by molar-refractivity contribution is 6.30. The molecule has 31 heavy (non-hydrogen) atoms. The van der Waals surface area contributed by atoms with Crippen LogP contribution in [-0.4, -0.2) is 30.9 Å². The number of amides is 1. The van der Waals surface area contributed by atoms with E-state index in [0.717, 1.165) is 31.7 Å². The van der Waals surface area contributed by atoms with Crippen LogP contribution in [0.1, 0.15) is 32.1 Å². The summed E-state index contributed by atoms with van der Waals surface area (Å²) in [4.78, 5) is 24.3. The summed E-state index contributed by atoms with van der Waals surface area (Å²) in [6.07, 6.45) is 3.80. The summed E-state index contributed by atoms with van der Waals surface area (Å²) in [6.45, 7) is -0.150. The van der Waals surface area contributed by atoms with Gasteiger partial charge in [-0.1, -0.05) is 23.2 Å². The van der Waals surface area contributed by atoms with Gasteiger partial charge in [0.05, 0.1) is 5.02 Å². The van der Waals surface area contributed by atoms with E-state index in [1.54, 1.807) is 24.3 Å². The minimum atomic E-state index is -0.592. The van der Waals surface area contributed by atoms with Crippen LogP contribution < -0.4 is 14.8 Å². The molecule has 0 aromatic heterocycles. The minimum Gasteiger partial charge on any atom is -0.486 e. The molecular weight excluding hydrogens is 444 g/mol. The van der Waals surface area contributed by atoms with Gasteiger partial charge in [0, 0.05) is 23.6 Å². The van der Waals surface area contributed by atoms with Crippen LogP contribution in [0.15, 0.2) is 42.5 Å². The Bertz CT molecular complexity index is 899. The molecule has 0 aliphatic heterocycles. The summed E-state index contributed by atoms with van der Waals surface area (Å²) in [5.74, 6) is 0.374. The molecule has 1 amide bonds. The van der Waals surface area contributed by atoms with Gasteiger partial charge in [0.25, 0.3) is 5.91 Å². The molecule has 1 saturated carbocycles. The second-order valence-corrected chi connectivity index (χ2v) is 8.48. The molecule has 1 aliphatic carbocycles. The van der Waals surface area contributed by atoms with Gasteiger partial charge < -0.3 is 14.8 Å². The van der Waals surface area contributed by atoms with Gasteiger partial charge in [-0.25, -0.2) is 4.39 Å². The first-order valence-corrected chi connectivity index (χ1v) is 10.9. The summed E-state index contributed by atoms with van der Waals surface area (Å²) < 4.78 is 24.2. The number of halogens is 3. The number of ether oxygens (including phenoxy) is 2. The Hall–Kier alpha value is -2.31. The lowest BCUT2D eigenvalue weighted by atomic mass is 9.83. The van der Waals surface area contributed by atoms with Gasteiger partial charge in [-0.15, -0.1) is 0 Å². The second kappa shape index (κ2) is 11.3. The van der Waals surface area contributed by atoms with Gasteiger partial charge in [0.1, 0.15) is 23.9 Å². The highest BCUT2D eigenvalue weighted by Crippen LogP contribution is 2.27. The zero-order valence-electron chi connectivity index (χ0n) is 16.9. The predicted octanol–water partition coefficient (Wildman–Crippen LogP) is 5.22. The number of hydrogen-bond donors (Lipinski definition) is 1. The maximum atomic E-state index is 13.4. The molecule has 0 heterocycles. The van der Waals surface area contributed by atoms with Crippen LogP contribution in [0, 0.1) is 11.7 Å². The second-order valence-electron chi connectivity index (χ2n) is 7.64. The van der Waals surface area contributed by atoms with Crippen molar-refractivity contribution >= 4 is 34.9 Å². The van der Waals surface area contributed by atoms with E-state index in [4.69, 9.17) is 32.7 Å². The van der Waals surface area contributed by atoms with E-state index >= 15 is 0 Å². The zero-order chi connectivity index (χ0) is 22.2. The van der Waals surface area contributed by atoms with Gasteiger partial charge in [-0.3, -0.25) is 9.59 Å². The molecule has 1 fully saturated rings. The minimum absolute atomic E-state index is 0.00332. The SMILES string of the molecule is O=C(COc1ccc(Cl)cc1)CC1CCC(NC(=O)COc2ccc(Cl)c(F)c2)CC1. The first-order valence-electron chi connectivity index (χ1n) is 10.2. The molecule has 166 valence electrons. The van der Waals surface area contributed by atoms with Crippen LogP contribution in [0.4, 0.5) is 4.39 Å². The highest BCUT2D eigenvalue weighted by Gasteiger charge is 2.24. The maximum Gasteiger partial charge on any atom is 0.258 e. The van der Waals surface area contributed by atoms with Crippen LogP contribution in [0.25, 0.3) is 0 Å². The van der Waals surface area contributed by atoms with Crippen molar-refractivity contribution in [3.8, 4) is 11.5 Å². The molecule has 1 N–H and O–H groups in total. The van der Waals surface area contributed by atoms with Crippen LogP contribution >= 0.6 is 23.2 Å². The molecule has 8 heteroatoms. The molecule has 2 aromatic rings. The third-order valence-corrected chi connectivity index (χ3v) is 5.76. The van der Waals surface area contributed by atoms with Crippen molar-refractivity contribution in [2.75, 3.05) is 13.2 Å². The molecule has 0 bridgehead atoms. The van der Waals surface area contributed by atoms with E-state index in [1.807, 2.05) is 0 Å². The molecule has 0 spiro atoms. The summed E-state index contributed by atoms with van der Waals surface area (Å²) in [5, 5.41) is 3.56. The van der Waals surface area contributed by atoms with Crippen LogP contribution in [0.2, 0.25) is 10.0 Å². The highest BCUT2D eigenvalue weighted by atomic mass is 35.5. The van der Waals surface area contributed by atoms with Crippen LogP contribution in [0.3, 0.4) is 0 Å². The van der Waals surface area contributed by atoms with Crippen molar-refractivity contribution in [1.29, 1.82) is 0 Å². The smallest absolute Gasteiger partial charge is 0.258 e. The first-order chi connectivity index (χ1) is 14.9. The van der Waals surface area contributed by atoms with Crippen molar-refractivity contribution in [2.24, 2.45) is 5.92 Å². The standard InChI is InChI=1S/C23H24Cl2FNO4/c24-16-3-7-19(8-4-16)30-13-18(28)11-15-1-5-17(6-2-15)27-23(29)14-31-20-9-10-21(25)22(26)12-20/h3-4,7-10,12,15,17H,1-2,5-6,11,13-14H2,(H,27,29). The van der Waals surface area contributed by atoms with E-state index in [9.17, 15) is 14.0 Å². The molecule has 0 radical (unpaired) electrons. The molecule has 0 saturated heterocycles. The molecule has 5 nitrogen and oxygen atoms in total. The zero-order valence-corrected chi connectivity index (χ0v) is 18.4. The van der Waals surface area contributed by atoms with Crippen molar-refractivity contribution in [3.05, 3.63) is 58.3 Å². The normalized spacial score (nSPS) is 18.3. The molecule has 0 atom stereocenters. The van der Waals surface area contributed by atoms with Gasteiger partial charge in [-0.2, -0.15) is 0 Å². The lowest BCUT2D eigenvalue weighted by Crippen LogP contribution is -2.40. The average Bonchev–Trinajstić information content (AvgIpc) is 2.75. The van der Waals surface area contributed by atoms with Gasteiger partial charge in [-0.05, 0) is 68.0 Å². The van der Waals surface area contributed by atoms with Crippen molar-refractivity contribution in [3.63, 3.8) is 0 Å². The monoisotopic (exact) mass is 467 g/mol. The number of rotatable bonds is 9. The van der Waals surface area contributed by atoms with Gasteiger partial charge in [0.2, 0.25) is 0 Å². The number of Topliss-reactive ketones (excluding diaryl/α,β-unsaturated/α-hetero) is 1. The van der Waals surface area contributed by atoms with E-state index in [-0.39, 0.29) is 41.7 Å². The van der Waals surface area contributed by atoms with Crippen LogP contribution in [0.5, 0.6) is 11.5 Å². The summed E-state index contributed by atoms with van der Waals surface area (Å²) in [7, 11) is 0. The number of nitrogens with one attached hydrogen (secondary N) is 1. The first kappa shape index (κ1) is 23.4. The molecule has 0 unspecified atom stereocenters. The third-order valence-electron chi connectivity index (χ3n) is 5.20. The van der Waals surface area contributed by atoms with E-state index in [1.165, 1.54) is 12.1 Å². The van der Waals surface area contributed by atoms with Crippen molar-refractivity contribution < 1.29 is 23.5 Å². The third kappa shape index (κ3) is 7.71. The summed E-state index contributed by atoms with van der Waals surface area (Å²) >= 11 is 11.5. The number of hydrogen-bond acceptors (Lipinski definition) is 4. The fraction of sp³-hybridized carbons (Fsp3) is 0.391. The molecule has 2 aromatic carbocycles. The average molecular weight is 468 g/mol. The number of carbonyl (C=O) groups excluding carboxylic acids is 2. The van der Waals surface area contributed by atoms with Gasteiger partial charge in [0.15, 0.2) is 12.4 Å². The molecule has 1 aliphatic rings. The summed E-state index contributed by atoms with van der Waals surface area (Å²) in [6, 6.07) is 11.0. The van der Waals surface area contributed by atoms with Crippen molar-refractivity contribution in [2.45, 2.75) is 38.1 Å². The van der Waals surface area contributed by atoms with E-state index in [2.05, 4.69) is 5.32 Å². The van der Waals surface area contributed by atoms with Gasteiger partial charge >= 0.3 is 0 Å². The lowest BCUT2D eigenvalue weighted by molar-refractivity contribution is -0.125. The quantitative estimate of drug-likeness (QED) is 0.548. The Balaban J connectivity index is 1.32. The Morgan fingerprint density at radius 1 is 0.935 bits per heavy atom. The number of ketones is 1. The fourth-order valence-electron chi connectivity index (χ4n) is 3.57. The topological polar surface area (TPSA) is 64.6 Å². The number of carbonyl (C=O) groups is 2. The number of benzene rings is 2. The lowest BCUT2D eigenvalue weighted by Gasteiger charge is -2.28. The van der Waals surface area contributed by atoms with Crippen LogP contribution in [-0.2, 0) is 9.59 Å². The Labute approximate surface area is 190 Å². The Kier molecular flexibility index (Phi) is 8.55. The van der Waals surface area contributed by atoms with Crippen molar-refractivity contribution in [1.82, 2.24) is 5.32 Å². The molecule has 3 rings (SSSR count). The Morgan fingerprint density at radius 3 is 2.26 bits per heavy atom.